The fourth-order valence-corrected chi connectivity index (χ4v) is 3.68. The molecule has 6 heteroatoms. The largest absolute Gasteiger partial charge is 0.306 e. The van der Waals surface area contributed by atoms with Gasteiger partial charge in [-0.1, -0.05) is 12.1 Å². The van der Waals surface area contributed by atoms with Crippen molar-refractivity contribution in [1.82, 2.24) is 9.38 Å². The number of hydrogen-bond donors (Lipinski definition) is 1. The summed E-state index contributed by atoms with van der Waals surface area (Å²) >= 11 is 2.18. The number of rotatable bonds is 3. The quantitative estimate of drug-likeness (QED) is 0.384. The van der Waals surface area contributed by atoms with Crippen LogP contribution in [0.4, 0.5) is 10.2 Å². The number of aromatic nitrogens is 2. The molecule has 0 saturated carbocycles. The number of halogens is 2. The van der Waals surface area contributed by atoms with Crippen LogP contribution < -0.4 is 5.32 Å². The van der Waals surface area contributed by atoms with E-state index < -0.39 is 0 Å². The summed E-state index contributed by atoms with van der Waals surface area (Å²) in [4.78, 5) is 17.7. The fourth-order valence-electron chi connectivity index (χ4n) is 3.07. The van der Waals surface area contributed by atoms with E-state index in [2.05, 4.69) is 32.9 Å². The molecule has 4 nitrogen and oxygen atoms in total. The van der Waals surface area contributed by atoms with Gasteiger partial charge in [-0.2, -0.15) is 0 Å². The first kappa shape index (κ1) is 18.6. The molecule has 0 spiro atoms. The number of imidazole rings is 1. The monoisotopic (exact) mass is 485 g/mol. The minimum Gasteiger partial charge on any atom is -0.306 e. The van der Waals surface area contributed by atoms with Crippen LogP contribution in [0.15, 0.2) is 60.8 Å². The number of fused-ring (bicyclic) bond motifs is 1. The summed E-state index contributed by atoms with van der Waals surface area (Å²) in [6.45, 7) is 3.96. The summed E-state index contributed by atoms with van der Waals surface area (Å²) in [6, 6.07) is 15.6. The summed E-state index contributed by atoms with van der Waals surface area (Å²) < 4.78 is 16.1. The van der Waals surface area contributed by atoms with Gasteiger partial charge in [-0.25, -0.2) is 9.37 Å². The van der Waals surface area contributed by atoms with Crippen molar-refractivity contribution in [2.45, 2.75) is 13.8 Å². The average molecular weight is 485 g/mol. The number of benzene rings is 2. The highest BCUT2D eigenvalue weighted by Gasteiger charge is 2.19. The maximum Gasteiger partial charge on any atom is 0.257 e. The molecule has 0 fully saturated rings. The molecule has 0 radical (unpaired) electrons. The molecule has 0 aliphatic rings. The van der Waals surface area contributed by atoms with Crippen molar-refractivity contribution in [3.63, 3.8) is 0 Å². The van der Waals surface area contributed by atoms with E-state index in [1.807, 2.05) is 48.7 Å². The summed E-state index contributed by atoms with van der Waals surface area (Å²) in [5.74, 6) is 0.0333. The number of amides is 1. The molecule has 140 valence electrons. The lowest BCUT2D eigenvalue weighted by Crippen LogP contribution is -2.16. The van der Waals surface area contributed by atoms with Gasteiger partial charge < -0.3 is 5.32 Å². The predicted molar refractivity (Wildman–Crippen MR) is 117 cm³/mol. The lowest BCUT2D eigenvalue weighted by atomic mass is 10.1. The van der Waals surface area contributed by atoms with Gasteiger partial charge in [0, 0.05) is 15.3 Å². The Morgan fingerprint density at radius 2 is 1.86 bits per heavy atom. The van der Waals surface area contributed by atoms with E-state index in [1.165, 1.54) is 12.1 Å². The maximum absolute atomic E-state index is 13.4. The fraction of sp³-hybridized carbons (Fsp3) is 0.0909. The topological polar surface area (TPSA) is 46.4 Å². The summed E-state index contributed by atoms with van der Waals surface area (Å²) in [6.07, 6.45) is 1.88. The van der Waals surface area contributed by atoms with Crippen molar-refractivity contribution in [3.05, 3.63) is 86.9 Å². The Kier molecular flexibility index (Phi) is 4.89. The van der Waals surface area contributed by atoms with Crippen LogP contribution in [0.3, 0.4) is 0 Å². The highest BCUT2D eigenvalue weighted by Crippen LogP contribution is 2.30. The summed E-state index contributed by atoms with van der Waals surface area (Å²) in [5, 5.41) is 3.01. The first-order chi connectivity index (χ1) is 13.4. The molecule has 2 aromatic heterocycles. The number of anilines is 1. The third-order valence-electron chi connectivity index (χ3n) is 4.57. The van der Waals surface area contributed by atoms with E-state index in [1.54, 1.807) is 18.2 Å². The second-order valence-corrected chi connectivity index (χ2v) is 7.72. The van der Waals surface area contributed by atoms with Crippen molar-refractivity contribution in [2.75, 3.05) is 5.32 Å². The number of carbonyl (C=O) groups excluding carboxylic acids is 1. The van der Waals surface area contributed by atoms with Gasteiger partial charge in [-0.05, 0) is 90.0 Å². The number of aryl methyl sites for hydroxylation is 2. The molecule has 0 saturated heterocycles. The van der Waals surface area contributed by atoms with E-state index in [4.69, 9.17) is 0 Å². The number of hydrogen-bond acceptors (Lipinski definition) is 2. The zero-order valence-electron chi connectivity index (χ0n) is 15.3. The van der Waals surface area contributed by atoms with Crippen LogP contribution in [-0.4, -0.2) is 15.3 Å². The normalized spacial score (nSPS) is 11.0. The van der Waals surface area contributed by atoms with E-state index in [0.717, 1.165) is 20.3 Å². The van der Waals surface area contributed by atoms with Gasteiger partial charge in [0.2, 0.25) is 0 Å². The van der Waals surface area contributed by atoms with Gasteiger partial charge in [-0.3, -0.25) is 9.20 Å². The number of pyridine rings is 1. The van der Waals surface area contributed by atoms with Crippen molar-refractivity contribution in [3.8, 4) is 11.3 Å². The number of nitrogens with zero attached hydrogens (tertiary/aromatic N) is 2. The third-order valence-corrected chi connectivity index (χ3v) is 6.00. The van der Waals surface area contributed by atoms with Crippen LogP contribution in [-0.2, 0) is 0 Å². The molecular formula is C22H17FIN3O. The highest BCUT2D eigenvalue weighted by atomic mass is 127. The molecule has 1 amide bonds. The predicted octanol–water partition coefficient (Wildman–Crippen LogP) is 5.61. The molecule has 28 heavy (non-hydrogen) atoms. The van der Waals surface area contributed by atoms with Crippen LogP contribution in [0, 0.1) is 23.2 Å². The Morgan fingerprint density at radius 1 is 1.11 bits per heavy atom. The smallest absolute Gasteiger partial charge is 0.257 e. The number of carbonyl (C=O) groups is 1. The molecule has 2 aromatic carbocycles. The van der Waals surface area contributed by atoms with Gasteiger partial charge in [0.05, 0.1) is 5.56 Å². The Hall–Kier alpha value is -2.74. The van der Waals surface area contributed by atoms with Gasteiger partial charge in [0.15, 0.2) is 0 Å². The molecule has 0 unspecified atom stereocenters. The summed E-state index contributed by atoms with van der Waals surface area (Å²) in [5.41, 5.74) is 4.76. The zero-order chi connectivity index (χ0) is 19.8. The lowest BCUT2D eigenvalue weighted by Gasteiger charge is -2.10. The first-order valence-electron chi connectivity index (χ1n) is 8.75. The molecule has 4 aromatic rings. The van der Waals surface area contributed by atoms with Crippen LogP contribution in [0.2, 0.25) is 0 Å². The second-order valence-electron chi connectivity index (χ2n) is 6.64. The van der Waals surface area contributed by atoms with Crippen molar-refractivity contribution in [2.24, 2.45) is 0 Å². The Morgan fingerprint density at radius 3 is 2.61 bits per heavy atom. The molecule has 0 atom stereocenters. The highest BCUT2D eigenvalue weighted by molar-refractivity contribution is 14.1. The third kappa shape index (κ3) is 3.40. The van der Waals surface area contributed by atoms with E-state index in [9.17, 15) is 9.18 Å². The zero-order valence-corrected chi connectivity index (χ0v) is 17.5. The van der Waals surface area contributed by atoms with Crippen molar-refractivity contribution < 1.29 is 9.18 Å². The molecule has 0 bridgehead atoms. The molecule has 0 aliphatic carbocycles. The van der Waals surface area contributed by atoms with Gasteiger partial charge in [-0.15, -0.1) is 0 Å². The standard InChI is InChI=1S/C22H17FIN3O/c1-13-10-11-27-18(12-13)25-20(15-6-8-16(23)9-7-15)21(27)26-22(28)17-5-3-4-14(2)19(17)24/h3-12H,1-2H3,(H,26,28). The minimum atomic E-state index is -0.316. The SMILES string of the molecule is Cc1ccn2c(NC(=O)c3cccc(C)c3I)c(-c3ccc(F)cc3)nc2c1. The Balaban J connectivity index is 1.84. The lowest BCUT2D eigenvalue weighted by molar-refractivity contribution is 0.102. The molecule has 0 aliphatic heterocycles. The molecule has 2 heterocycles. The average Bonchev–Trinajstić information content (AvgIpc) is 3.02. The Bertz CT molecular complexity index is 1200. The van der Waals surface area contributed by atoms with Gasteiger partial charge in [0.1, 0.15) is 23.0 Å². The van der Waals surface area contributed by atoms with Crippen LogP contribution in [0.5, 0.6) is 0 Å². The second kappa shape index (κ2) is 7.35. The van der Waals surface area contributed by atoms with Gasteiger partial charge >= 0.3 is 0 Å². The van der Waals surface area contributed by atoms with E-state index in [0.29, 0.717) is 22.7 Å². The van der Waals surface area contributed by atoms with Gasteiger partial charge in [0.25, 0.3) is 5.91 Å². The van der Waals surface area contributed by atoms with Crippen molar-refractivity contribution >= 4 is 40.0 Å². The first-order valence-corrected chi connectivity index (χ1v) is 9.83. The van der Waals surface area contributed by atoms with Crippen LogP contribution in [0.25, 0.3) is 16.9 Å². The van der Waals surface area contributed by atoms with Crippen LogP contribution >= 0.6 is 22.6 Å². The summed E-state index contributed by atoms with van der Waals surface area (Å²) in [7, 11) is 0. The molecule has 1 N–H and O–H groups in total. The van der Waals surface area contributed by atoms with E-state index >= 15 is 0 Å². The maximum atomic E-state index is 13.4. The molecule has 4 rings (SSSR count). The van der Waals surface area contributed by atoms with E-state index in [-0.39, 0.29) is 11.7 Å². The molecular weight excluding hydrogens is 468 g/mol. The minimum absolute atomic E-state index is 0.209. The van der Waals surface area contributed by atoms with Crippen molar-refractivity contribution in [1.29, 1.82) is 0 Å². The number of nitrogens with one attached hydrogen (secondary N) is 1. The Labute approximate surface area is 175 Å². The van der Waals surface area contributed by atoms with Crippen LogP contribution in [0.1, 0.15) is 21.5 Å².